The van der Waals surface area contributed by atoms with Crippen molar-refractivity contribution in [1.82, 2.24) is 14.9 Å². The highest BCUT2D eigenvalue weighted by Gasteiger charge is 2.09. The van der Waals surface area contributed by atoms with Crippen LogP contribution in [-0.4, -0.2) is 43.3 Å². The highest BCUT2D eigenvalue weighted by atomic mass is 16.4. The molecular formula is C13H13N3O5. The smallest absolute Gasteiger partial charge is 0.356 e. The number of phenols is 2. The summed E-state index contributed by atoms with van der Waals surface area (Å²) in [6.45, 7) is 0.617. The summed E-state index contributed by atoms with van der Waals surface area (Å²) in [6, 6.07) is 3.76. The van der Waals surface area contributed by atoms with Crippen LogP contribution in [-0.2, 0) is 6.54 Å². The zero-order chi connectivity index (χ0) is 15.4. The zero-order valence-corrected chi connectivity index (χ0v) is 10.9. The Morgan fingerprint density at radius 2 is 2.00 bits per heavy atom. The number of nitrogens with zero attached hydrogens (tertiary/aromatic N) is 2. The van der Waals surface area contributed by atoms with Gasteiger partial charge in [-0.1, -0.05) is 0 Å². The first-order valence-corrected chi connectivity index (χ1v) is 6.02. The number of hydrogen-bond donors (Lipinski definition) is 4. The first-order chi connectivity index (χ1) is 9.97. The molecule has 1 amide bonds. The first-order valence-electron chi connectivity index (χ1n) is 6.02. The Kier molecular flexibility index (Phi) is 4.07. The lowest BCUT2D eigenvalue weighted by molar-refractivity contribution is 0.0690. The fraction of sp³-hybridized carbons (Fsp3) is 0.154. The molecule has 4 N–H and O–H groups in total. The van der Waals surface area contributed by atoms with Crippen LogP contribution in [0.5, 0.6) is 11.5 Å². The number of carbonyl (C=O) groups is 2. The van der Waals surface area contributed by atoms with Crippen molar-refractivity contribution in [1.29, 1.82) is 0 Å². The molecule has 1 aromatic carbocycles. The van der Waals surface area contributed by atoms with Gasteiger partial charge in [0.1, 0.15) is 0 Å². The number of aromatic hydroxyl groups is 2. The van der Waals surface area contributed by atoms with Crippen molar-refractivity contribution >= 4 is 11.9 Å². The molecule has 1 aromatic heterocycles. The van der Waals surface area contributed by atoms with Gasteiger partial charge in [0.25, 0.3) is 5.91 Å². The number of hydrogen-bond acceptors (Lipinski definition) is 5. The summed E-state index contributed by atoms with van der Waals surface area (Å²) < 4.78 is 1.54. The van der Waals surface area contributed by atoms with Crippen LogP contribution >= 0.6 is 0 Å². The summed E-state index contributed by atoms with van der Waals surface area (Å²) in [7, 11) is 0. The quantitative estimate of drug-likeness (QED) is 0.592. The van der Waals surface area contributed by atoms with Crippen molar-refractivity contribution in [2.24, 2.45) is 0 Å². The maximum Gasteiger partial charge on any atom is 0.356 e. The summed E-state index contributed by atoms with van der Waals surface area (Å²) in [5, 5.41) is 29.8. The Balaban J connectivity index is 1.88. The van der Waals surface area contributed by atoms with E-state index in [0.29, 0.717) is 6.54 Å². The van der Waals surface area contributed by atoms with Crippen LogP contribution in [0.25, 0.3) is 0 Å². The minimum absolute atomic E-state index is 0.0650. The van der Waals surface area contributed by atoms with Crippen LogP contribution in [0.15, 0.2) is 30.7 Å². The predicted octanol–water partition coefficient (Wildman–Crippen LogP) is 0.422. The van der Waals surface area contributed by atoms with E-state index in [9.17, 15) is 14.7 Å². The fourth-order valence-corrected chi connectivity index (χ4v) is 1.66. The second-order valence-corrected chi connectivity index (χ2v) is 4.26. The van der Waals surface area contributed by atoms with Gasteiger partial charge >= 0.3 is 5.97 Å². The highest BCUT2D eigenvalue weighted by molar-refractivity contribution is 5.94. The summed E-state index contributed by atoms with van der Waals surface area (Å²) in [4.78, 5) is 26.1. The van der Waals surface area contributed by atoms with Crippen molar-refractivity contribution in [2.45, 2.75) is 6.54 Å². The van der Waals surface area contributed by atoms with E-state index in [2.05, 4.69) is 10.3 Å². The third kappa shape index (κ3) is 3.50. The van der Waals surface area contributed by atoms with Gasteiger partial charge in [-0.25, -0.2) is 9.78 Å². The van der Waals surface area contributed by atoms with Crippen LogP contribution in [0.2, 0.25) is 0 Å². The number of amides is 1. The number of imidazole rings is 1. The van der Waals surface area contributed by atoms with Crippen molar-refractivity contribution in [2.75, 3.05) is 6.54 Å². The van der Waals surface area contributed by atoms with Gasteiger partial charge in [0.15, 0.2) is 17.2 Å². The molecule has 0 aliphatic carbocycles. The molecule has 2 rings (SSSR count). The van der Waals surface area contributed by atoms with Crippen molar-refractivity contribution in [3.8, 4) is 11.5 Å². The minimum atomic E-state index is -1.11. The molecule has 0 aliphatic rings. The number of benzene rings is 1. The SMILES string of the molecule is O=C(NCCn1cnc(C(=O)O)c1)c1ccc(O)c(O)c1. The zero-order valence-electron chi connectivity index (χ0n) is 10.9. The molecule has 110 valence electrons. The molecular weight excluding hydrogens is 278 g/mol. The third-order valence-corrected chi connectivity index (χ3v) is 2.75. The van der Waals surface area contributed by atoms with Crippen molar-refractivity contribution < 1.29 is 24.9 Å². The Hall–Kier alpha value is -3.03. The second-order valence-electron chi connectivity index (χ2n) is 4.26. The maximum atomic E-state index is 11.8. The van der Waals surface area contributed by atoms with Gasteiger partial charge in [-0.2, -0.15) is 0 Å². The predicted molar refractivity (Wildman–Crippen MR) is 71.3 cm³/mol. The normalized spacial score (nSPS) is 10.3. The van der Waals surface area contributed by atoms with Crippen LogP contribution < -0.4 is 5.32 Å². The van der Waals surface area contributed by atoms with Crippen LogP contribution in [0, 0.1) is 0 Å². The van der Waals surface area contributed by atoms with Gasteiger partial charge in [-0.05, 0) is 18.2 Å². The molecule has 0 radical (unpaired) electrons. The fourth-order valence-electron chi connectivity index (χ4n) is 1.66. The van der Waals surface area contributed by atoms with Crippen LogP contribution in [0.4, 0.5) is 0 Å². The molecule has 21 heavy (non-hydrogen) atoms. The van der Waals surface area contributed by atoms with Gasteiger partial charge in [0.2, 0.25) is 0 Å². The standard InChI is InChI=1S/C13H13N3O5/c17-10-2-1-8(5-11(10)18)12(19)14-3-4-16-6-9(13(20)21)15-7-16/h1-2,5-7,17-18H,3-4H2,(H,14,19)(H,20,21). The summed E-state index contributed by atoms with van der Waals surface area (Å²) in [5.74, 6) is -2.20. The number of aromatic nitrogens is 2. The second kappa shape index (κ2) is 5.95. The van der Waals surface area contributed by atoms with Crippen molar-refractivity contribution in [3.63, 3.8) is 0 Å². The van der Waals surface area contributed by atoms with Gasteiger partial charge in [-0.15, -0.1) is 0 Å². The molecule has 1 heterocycles. The molecule has 0 saturated heterocycles. The summed E-state index contributed by atoms with van der Waals surface area (Å²) >= 11 is 0. The van der Waals surface area contributed by atoms with Crippen LogP contribution in [0.1, 0.15) is 20.8 Å². The topological polar surface area (TPSA) is 125 Å². The lowest BCUT2D eigenvalue weighted by Gasteiger charge is -2.06. The molecule has 0 atom stereocenters. The Labute approximate surface area is 119 Å². The number of carboxylic acids is 1. The van der Waals surface area contributed by atoms with E-state index in [1.807, 2.05) is 0 Å². The average Bonchev–Trinajstić information content (AvgIpc) is 2.91. The lowest BCUT2D eigenvalue weighted by atomic mass is 10.2. The third-order valence-electron chi connectivity index (χ3n) is 2.75. The van der Waals surface area contributed by atoms with E-state index in [4.69, 9.17) is 10.2 Å². The van der Waals surface area contributed by atoms with Gasteiger partial charge < -0.3 is 25.2 Å². The van der Waals surface area contributed by atoms with Gasteiger partial charge in [0, 0.05) is 24.8 Å². The van der Waals surface area contributed by atoms with Crippen LogP contribution in [0.3, 0.4) is 0 Å². The molecule has 0 saturated carbocycles. The number of phenolic OH excluding ortho intramolecular Hbond substituents is 2. The Morgan fingerprint density at radius 1 is 1.24 bits per heavy atom. The van der Waals surface area contributed by atoms with Gasteiger partial charge in [-0.3, -0.25) is 4.79 Å². The molecule has 0 fully saturated rings. The van der Waals surface area contributed by atoms with E-state index in [0.717, 1.165) is 6.07 Å². The first kappa shape index (κ1) is 14.4. The number of nitrogens with one attached hydrogen (secondary N) is 1. The van der Waals surface area contributed by atoms with E-state index in [1.165, 1.54) is 29.2 Å². The van der Waals surface area contributed by atoms with Gasteiger partial charge in [0.05, 0.1) is 6.33 Å². The number of carbonyl (C=O) groups excluding carboxylic acids is 1. The molecule has 0 spiro atoms. The number of rotatable bonds is 5. The Bertz CT molecular complexity index is 680. The largest absolute Gasteiger partial charge is 0.504 e. The van der Waals surface area contributed by atoms with E-state index in [-0.39, 0.29) is 29.3 Å². The van der Waals surface area contributed by atoms with E-state index < -0.39 is 11.9 Å². The maximum absolute atomic E-state index is 11.8. The number of aromatic carboxylic acids is 1. The van der Waals surface area contributed by atoms with E-state index in [1.54, 1.807) is 0 Å². The molecule has 0 unspecified atom stereocenters. The average molecular weight is 291 g/mol. The number of carboxylic acid groups (broad SMARTS) is 1. The summed E-state index contributed by atoms with van der Waals surface area (Å²) in [6.07, 6.45) is 2.73. The minimum Gasteiger partial charge on any atom is -0.504 e. The molecule has 8 heteroatoms. The summed E-state index contributed by atoms with van der Waals surface area (Å²) in [5.41, 5.74) is 0.145. The molecule has 0 bridgehead atoms. The molecule has 2 aromatic rings. The van der Waals surface area contributed by atoms with E-state index >= 15 is 0 Å². The molecule has 8 nitrogen and oxygen atoms in total. The highest BCUT2D eigenvalue weighted by Crippen LogP contribution is 2.24. The monoisotopic (exact) mass is 291 g/mol. The lowest BCUT2D eigenvalue weighted by Crippen LogP contribution is -2.26. The Morgan fingerprint density at radius 3 is 2.62 bits per heavy atom. The molecule has 0 aliphatic heterocycles. The van der Waals surface area contributed by atoms with Crippen molar-refractivity contribution in [3.05, 3.63) is 42.0 Å².